The first-order chi connectivity index (χ1) is 13.1. The van der Waals surface area contributed by atoms with Crippen molar-refractivity contribution in [3.8, 4) is 0 Å². The predicted molar refractivity (Wildman–Crippen MR) is 102 cm³/mol. The fraction of sp³-hybridized carbons (Fsp3) is 0.571. The molecule has 4 rings (SSSR count). The maximum absolute atomic E-state index is 12.4. The molecule has 2 aliphatic rings. The molecule has 0 unspecified atom stereocenters. The van der Waals surface area contributed by atoms with Crippen molar-refractivity contribution >= 4 is 5.91 Å². The number of hydrogen-bond donors (Lipinski definition) is 0. The van der Waals surface area contributed by atoms with Crippen molar-refractivity contribution in [2.75, 3.05) is 26.2 Å². The first-order valence-corrected chi connectivity index (χ1v) is 9.93. The summed E-state index contributed by atoms with van der Waals surface area (Å²) in [5.41, 5.74) is 2.42. The molecule has 0 N–H and O–H groups in total. The minimum absolute atomic E-state index is 0.288. The molecule has 2 saturated heterocycles. The van der Waals surface area contributed by atoms with Crippen LogP contribution < -0.4 is 0 Å². The highest BCUT2D eigenvalue weighted by Crippen LogP contribution is 2.40. The first kappa shape index (κ1) is 18.2. The van der Waals surface area contributed by atoms with E-state index in [0.717, 1.165) is 69.9 Å². The topological polar surface area (TPSA) is 62.5 Å². The molecule has 2 aromatic rings. The second-order valence-corrected chi connectivity index (χ2v) is 8.14. The van der Waals surface area contributed by atoms with Crippen LogP contribution in [0.4, 0.5) is 0 Å². The van der Waals surface area contributed by atoms with Gasteiger partial charge >= 0.3 is 0 Å². The molecule has 0 bridgehead atoms. The zero-order valence-corrected chi connectivity index (χ0v) is 16.1. The number of aryl methyl sites for hydroxylation is 1. The van der Waals surface area contributed by atoms with Crippen LogP contribution in [0.1, 0.15) is 42.7 Å². The van der Waals surface area contributed by atoms with Gasteiger partial charge in [0, 0.05) is 38.0 Å². The van der Waals surface area contributed by atoms with Gasteiger partial charge in [0.15, 0.2) is 5.76 Å². The van der Waals surface area contributed by atoms with Crippen molar-refractivity contribution < 1.29 is 9.32 Å². The molecular formula is C21H28N4O2. The number of hydrogen-bond acceptors (Lipinski definition) is 5. The molecule has 4 heterocycles. The van der Waals surface area contributed by atoms with Gasteiger partial charge in [0.1, 0.15) is 0 Å². The number of pyridine rings is 1. The molecule has 27 heavy (non-hydrogen) atoms. The molecule has 0 atom stereocenters. The largest absolute Gasteiger partial charge is 0.360 e. The van der Waals surface area contributed by atoms with Gasteiger partial charge in [-0.3, -0.25) is 14.7 Å². The molecular weight excluding hydrogens is 340 g/mol. The summed E-state index contributed by atoms with van der Waals surface area (Å²) in [6, 6.07) is 6.06. The highest BCUT2D eigenvalue weighted by Gasteiger charge is 2.40. The molecule has 1 amide bonds. The zero-order valence-electron chi connectivity index (χ0n) is 16.1. The highest BCUT2D eigenvalue weighted by atomic mass is 16.5. The molecule has 0 radical (unpaired) electrons. The average molecular weight is 368 g/mol. The van der Waals surface area contributed by atoms with Gasteiger partial charge in [0.2, 0.25) is 5.91 Å². The summed E-state index contributed by atoms with van der Waals surface area (Å²) in [5.74, 6) is 1.25. The minimum Gasteiger partial charge on any atom is -0.360 e. The number of carbonyl (C=O) groups excluding carboxylic acids is 1. The second kappa shape index (κ2) is 7.80. The quantitative estimate of drug-likeness (QED) is 0.812. The van der Waals surface area contributed by atoms with Crippen LogP contribution in [0.15, 0.2) is 35.1 Å². The molecule has 6 nitrogen and oxygen atoms in total. The lowest BCUT2D eigenvalue weighted by Crippen LogP contribution is -2.51. The minimum atomic E-state index is 0.288. The molecule has 6 heteroatoms. The van der Waals surface area contributed by atoms with E-state index in [1.165, 1.54) is 5.56 Å². The van der Waals surface area contributed by atoms with E-state index in [4.69, 9.17) is 4.52 Å². The third-order valence-corrected chi connectivity index (χ3v) is 6.11. The van der Waals surface area contributed by atoms with Crippen LogP contribution in [-0.4, -0.2) is 52.0 Å². The molecule has 2 aliphatic heterocycles. The van der Waals surface area contributed by atoms with E-state index in [2.05, 4.69) is 26.0 Å². The maximum Gasteiger partial charge on any atom is 0.222 e. The predicted octanol–water partition coefficient (Wildman–Crippen LogP) is 2.83. The van der Waals surface area contributed by atoms with Crippen LogP contribution in [0.2, 0.25) is 0 Å². The van der Waals surface area contributed by atoms with Crippen LogP contribution in [0, 0.1) is 12.3 Å². The SMILES string of the molecule is Cc1cc(CN2CCC3(CCC(=O)N(CCc4cccnc4)C3)CC2)on1. The Morgan fingerprint density at radius 2 is 2.11 bits per heavy atom. The van der Waals surface area contributed by atoms with Crippen molar-refractivity contribution in [2.45, 2.75) is 45.6 Å². The summed E-state index contributed by atoms with van der Waals surface area (Å²) in [5, 5.41) is 3.98. The van der Waals surface area contributed by atoms with E-state index in [0.29, 0.717) is 12.3 Å². The third-order valence-electron chi connectivity index (χ3n) is 6.11. The lowest BCUT2D eigenvalue weighted by Gasteiger charge is -2.47. The fourth-order valence-corrected chi connectivity index (χ4v) is 4.42. The van der Waals surface area contributed by atoms with Crippen LogP contribution >= 0.6 is 0 Å². The van der Waals surface area contributed by atoms with Crippen molar-refractivity contribution in [1.29, 1.82) is 0 Å². The summed E-state index contributed by atoms with van der Waals surface area (Å²) in [7, 11) is 0. The van der Waals surface area contributed by atoms with Gasteiger partial charge < -0.3 is 9.42 Å². The molecule has 1 spiro atoms. The van der Waals surface area contributed by atoms with Gasteiger partial charge in [0.05, 0.1) is 12.2 Å². The normalized spacial score (nSPS) is 20.3. The summed E-state index contributed by atoms with van der Waals surface area (Å²) >= 11 is 0. The Hall–Kier alpha value is -2.21. The molecule has 2 fully saturated rings. The average Bonchev–Trinajstić information content (AvgIpc) is 3.10. The number of nitrogens with zero attached hydrogens (tertiary/aromatic N) is 4. The molecule has 0 aromatic carbocycles. The van der Waals surface area contributed by atoms with Gasteiger partial charge in [-0.2, -0.15) is 0 Å². The van der Waals surface area contributed by atoms with E-state index in [1.54, 1.807) is 6.20 Å². The second-order valence-electron chi connectivity index (χ2n) is 8.14. The van der Waals surface area contributed by atoms with E-state index in [1.807, 2.05) is 25.3 Å². The van der Waals surface area contributed by atoms with Crippen LogP contribution in [0.25, 0.3) is 0 Å². The van der Waals surface area contributed by atoms with Crippen LogP contribution in [-0.2, 0) is 17.8 Å². The molecule has 2 aromatic heterocycles. The number of rotatable bonds is 5. The van der Waals surface area contributed by atoms with Crippen LogP contribution in [0.3, 0.4) is 0 Å². The first-order valence-electron chi connectivity index (χ1n) is 9.93. The lowest BCUT2D eigenvalue weighted by molar-refractivity contribution is -0.139. The van der Waals surface area contributed by atoms with Crippen molar-refractivity contribution in [3.05, 3.63) is 47.6 Å². The van der Waals surface area contributed by atoms with Crippen LogP contribution in [0.5, 0.6) is 0 Å². The van der Waals surface area contributed by atoms with Gasteiger partial charge in [-0.15, -0.1) is 0 Å². The Morgan fingerprint density at radius 1 is 1.26 bits per heavy atom. The third kappa shape index (κ3) is 4.38. The number of amides is 1. The number of carbonyl (C=O) groups is 1. The number of aromatic nitrogens is 2. The van der Waals surface area contributed by atoms with Crippen molar-refractivity contribution in [2.24, 2.45) is 5.41 Å². The van der Waals surface area contributed by atoms with Crippen molar-refractivity contribution in [1.82, 2.24) is 19.9 Å². The van der Waals surface area contributed by atoms with Gasteiger partial charge in [-0.25, -0.2) is 0 Å². The Labute approximate surface area is 160 Å². The maximum atomic E-state index is 12.4. The van der Waals surface area contributed by atoms with Gasteiger partial charge in [0.25, 0.3) is 0 Å². The summed E-state index contributed by atoms with van der Waals surface area (Å²) in [6.45, 7) is 6.61. The number of piperidine rings is 2. The zero-order chi connectivity index (χ0) is 18.7. The van der Waals surface area contributed by atoms with Gasteiger partial charge in [-0.1, -0.05) is 11.2 Å². The fourth-order valence-electron chi connectivity index (χ4n) is 4.42. The highest BCUT2D eigenvalue weighted by molar-refractivity contribution is 5.77. The summed E-state index contributed by atoms with van der Waals surface area (Å²) < 4.78 is 5.36. The monoisotopic (exact) mass is 368 g/mol. The lowest BCUT2D eigenvalue weighted by atomic mass is 9.72. The Bertz CT molecular complexity index is 765. The summed E-state index contributed by atoms with van der Waals surface area (Å²) in [4.78, 5) is 21.1. The van der Waals surface area contributed by atoms with E-state index < -0.39 is 0 Å². The standard InChI is InChI=1S/C21H28N4O2/c1-17-13-19(27-23-17)15-24-11-7-21(8-12-24)6-4-20(26)25(16-21)10-5-18-3-2-9-22-14-18/h2-3,9,13-14H,4-8,10-12,15-16H2,1H3. The Morgan fingerprint density at radius 3 is 2.81 bits per heavy atom. The smallest absolute Gasteiger partial charge is 0.222 e. The van der Waals surface area contributed by atoms with E-state index in [-0.39, 0.29) is 5.41 Å². The van der Waals surface area contributed by atoms with E-state index >= 15 is 0 Å². The molecule has 0 saturated carbocycles. The number of likely N-dealkylation sites (tertiary alicyclic amines) is 2. The Kier molecular flexibility index (Phi) is 5.25. The van der Waals surface area contributed by atoms with E-state index in [9.17, 15) is 4.79 Å². The van der Waals surface area contributed by atoms with Gasteiger partial charge in [-0.05, 0) is 62.7 Å². The summed E-state index contributed by atoms with van der Waals surface area (Å²) in [6.07, 6.45) is 8.59. The van der Waals surface area contributed by atoms with Crippen molar-refractivity contribution in [3.63, 3.8) is 0 Å². The molecule has 0 aliphatic carbocycles. The Balaban J connectivity index is 1.31. The molecule has 144 valence electrons.